The maximum absolute atomic E-state index is 8.64. The van der Waals surface area contributed by atoms with Gasteiger partial charge >= 0.3 is 0 Å². The molecule has 0 aliphatic heterocycles. The number of aliphatic hydroxyl groups is 1. The number of aliphatic hydroxyl groups excluding tert-OH is 1. The molecule has 1 rings (SSSR count). The second kappa shape index (κ2) is 5.58. The fourth-order valence-electron chi connectivity index (χ4n) is 1.94. The highest BCUT2D eigenvalue weighted by molar-refractivity contribution is 4.79. The maximum Gasteiger partial charge on any atom is 0.0837 e. The highest BCUT2D eigenvalue weighted by atomic mass is 16.5. The van der Waals surface area contributed by atoms with Crippen molar-refractivity contribution in [2.24, 2.45) is 5.92 Å². The van der Waals surface area contributed by atoms with Crippen molar-refractivity contribution >= 4 is 0 Å². The number of hydrogen-bond acceptors (Lipinski definition) is 3. The SMILES string of the molecule is COC1CC(C)CC[C@H]1OCCO. The Morgan fingerprint density at radius 1 is 1.31 bits per heavy atom. The molecule has 0 heterocycles. The third kappa shape index (κ3) is 3.25. The number of methoxy groups -OCH3 is 1. The Bertz CT molecular complexity index is 136. The Hall–Kier alpha value is -0.120. The van der Waals surface area contributed by atoms with Gasteiger partial charge in [0.1, 0.15) is 0 Å². The molecule has 13 heavy (non-hydrogen) atoms. The van der Waals surface area contributed by atoms with Crippen LogP contribution in [0.15, 0.2) is 0 Å². The van der Waals surface area contributed by atoms with E-state index in [9.17, 15) is 0 Å². The molecule has 0 saturated heterocycles. The molecule has 1 aliphatic carbocycles. The van der Waals surface area contributed by atoms with Gasteiger partial charge in [0.15, 0.2) is 0 Å². The van der Waals surface area contributed by atoms with E-state index in [0.717, 1.165) is 18.8 Å². The number of rotatable bonds is 4. The maximum atomic E-state index is 8.64. The van der Waals surface area contributed by atoms with Crippen LogP contribution in [0.1, 0.15) is 26.2 Å². The molecule has 0 aromatic carbocycles. The van der Waals surface area contributed by atoms with Crippen LogP contribution in [0.25, 0.3) is 0 Å². The molecule has 1 saturated carbocycles. The van der Waals surface area contributed by atoms with Crippen LogP contribution in [0.5, 0.6) is 0 Å². The second-order valence-corrected chi connectivity index (χ2v) is 3.83. The second-order valence-electron chi connectivity index (χ2n) is 3.83. The molecule has 1 aliphatic rings. The van der Waals surface area contributed by atoms with Gasteiger partial charge in [-0.15, -0.1) is 0 Å². The molecule has 0 aromatic heterocycles. The van der Waals surface area contributed by atoms with Crippen LogP contribution in [0.2, 0.25) is 0 Å². The van der Waals surface area contributed by atoms with Gasteiger partial charge in [-0.1, -0.05) is 6.92 Å². The highest BCUT2D eigenvalue weighted by Crippen LogP contribution is 2.27. The summed E-state index contributed by atoms with van der Waals surface area (Å²) in [6.07, 6.45) is 3.74. The summed E-state index contributed by atoms with van der Waals surface area (Å²) in [4.78, 5) is 0. The zero-order chi connectivity index (χ0) is 9.68. The Morgan fingerprint density at radius 3 is 2.69 bits per heavy atom. The lowest BCUT2D eigenvalue weighted by Crippen LogP contribution is -2.37. The van der Waals surface area contributed by atoms with Gasteiger partial charge in [0, 0.05) is 7.11 Å². The molecule has 0 radical (unpaired) electrons. The molecule has 0 bridgehead atoms. The zero-order valence-corrected chi connectivity index (χ0v) is 8.53. The van der Waals surface area contributed by atoms with E-state index in [-0.39, 0.29) is 18.8 Å². The van der Waals surface area contributed by atoms with Gasteiger partial charge in [0.25, 0.3) is 0 Å². The first kappa shape index (κ1) is 11.0. The van der Waals surface area contributed by atoms with Crippen LogP contribution in [0.4, 0.5) is 0 Å². The van der Waals surface area contributed by atoms with Gasteiger partial charge in [-0.25, -0.2) is 0 Å². The van der Waals surface area contributed by atoms with Gasteiger partial charge in [-0.3, -0.25) is 0 Å². The molecule has 2 unspecified atom stereocenters. The highest BCUT2D eigenvalue weighted by Gasteiger charge is 2.28. The van der Waals surface area contributed by atoms with E-state index in [1.807, 2.05) is 0 Å². The molecule has 0 aromatic rings. The van der Waals surface area contributed by atoms with E-state index in [1.165, 1.54) is 6.42 Å². The van der Waals surface area contributed by atoms with Crippen molar-refractivity contribution in [2.75, 3.05) is 20.3 Å². The summed E-state index contributed by atoms with van der Waals surface area (Å²) in [6.45, 7) is 2.77. The smallest absolute Gasteiger partial charge is 0.0837 e. The Kier molecular flexibility index (Phi) is 4.70. The third-order valence-corrected chi connectivity index (χ3v) is 2.72. The Morgan fingerprint density at radius 2 is 2.08 bits per heavy atom. The first-order valence-corrected chi connectivity index (χ1v) is 5.03. The van der Waals surface area contributed by atoms with Gasteiger partial charge in [0.05, 0.1) is 25.4 Å². The molecule has 3 heteroatoms. The molecule has 0 spiro atoms. The van der Waals surface area contributed by atoms with Crippen molar-refractivity contribution in [2.45, 2.75) is 38.4 Å². The summed E-state index contributed by atoms with van der Waals surface area (Å²) >= 11 is 0. The normalized spacial score (nSPS) is 34.8. The predicted octanol–water partition coefficient (Wildman–Crippen LogP) is 1.20. The fraction of sp³-hybridized carbons (Fsp3) is 1.00. The summed E-state index contributed by atoms with van der Waals surface area (Å²) in [5.41, 5.74) is 0. The lowest BCUT2D eigenvalue weighted by atomic mass is 9.86. The van der Waals surface area contributed by atoms with E-state index in [0.29, 0.717) is 6.61 Å². The summed E-state index contributed by atoms with van der Waals surface area (Å²) in [6, 6.07) is 0. The summed E-state index contributed by atoms with van der Waals surface area (Å²) < 4.78 is 10.9. The molecule has 3 nitrogen and oxygen atoms in total. The van der Waals surface area contributed by atoms with E-state index in [1.54, 1.807) is 7.11 Å². The lowest BCUT2D eigenvalue weighted by molar-refractivity contribution is -0.0915. The van der Waals surface area contributed by atoms with Crippen LogP contribution in [-0.2, 0) is 9.47 Å². The predicted molar refractivity (Wildman–Crippen MR) is 50.6 cm³/mol. The Labute approximate surface area is 80.0 Å². The van der Waals surface area contributed by atoms with Crippen LogP contribution >= 0.6 is 0 Å². The molecule has 1 N–H and O–H groups in total. The minimum atomic E-state index is 0.0997. The minimum absolute atomic E-state index is 0.0997. The van der Waals surface area contributed by atoms with Crippen molar-refractivity contribution in [1.82, 2.24) is 0 Å². The summed E-state index contributed by atoms with van der Waals surface area (Å²) in [5, 5.41) is 8.64. The van der Waals surface area contributed by atoms with Gasteiger partial charge in [0.2, 0.25) is 0 Å². The van der Waals surface area contributed by atoms with Crippen LogP contribution in [0, 0.1) is 5.92 Å². The average molecular weight is 188 g/mol. The molecule has 0 amide bonds. The number of hydrogen-bond donors (Lipinski definition) is 1. The topological polar surface area (TPSA) is 38.7 Å². The zero-order valence-electron chi connectivity index (χ0n) is 8.53. The van der Waals surface area contributed by atoms with Gasteiger partial charge in [-0.05, 0) is 25.2 Å². The largest absolute Gasteiger partial charge is 0.394 e. The molecule has 3 atom stereocenters. The molecule has 1 fully saturated rings. The third-order valence-electron chi connectivity index (χ3n) is 2.72. The van der Waals surface area contributed by atoms with E-state index >= 15 is 0 Å². The van der Waals surface area contributed by atoms with E-state index < -0.39 is 0 Å². The average Bonchev–Trinajstić information content (AvgIpc) is 2.16. The number of ether oxygens (including phenoxy) is 2. The quantitative estimate of drug-likeness (QED) is 0.720. The first-order valence-electron chi connectivity index (χ1n) is 5.03. The molecule has 78 valence electrons. The van der Waals surface area contributed by atoms with Crippen LogP contribution < -0.4 is 0 Å². The van der Waals surface area contributed by atoms with Crippen molar-refractivity contribution in [3.8, 4) is 0 Å². The first-order chi connectivity index (χ1) is 6.27. The van der Waals surface area contributed by atoms with Crippen molar-refractivity contribution in [3.05, 3.63) is 0 Å². The van der Waals surface area contributed by atoms with Crippen LogP contribution in [-0.4, -0.2) is 37.6 Å². The summed E-state index contributed by atoms with van der Waals surface area (Å²) in [7, 11) is 1.73. The standard InChI is InChI=1S/C10H20O3/c1-8-3-4-9(13-6-5-11)10(7-8)12-2/h8-11H,3-7H2,1-2H3/t8?,9-,10?/m1/s1. The van der Waals surface area contributed by atoms with E-state index in [2.05, 4.69) is 6.92 Å². The Balaban J connectivity index is 2.33. The monoisotopic (exact) mass is 188 g/mol. The minimum Gasteiger partial charge on any atom is -0.394 e. The summed E-state index contributed by atoms with van der Waals surface area (Å²) in [5.74, 6) is 0.735. The fourth-order valence-corrected chi connectivity index (χ4v) is 1.94. The van der Waals surface area contributed by atoms with Gasteiger partial charge < -0.3 is 14.6 Å². The molecular formula is C10H20O3. The van der Waals surface area contributed by atoms with Gasteiger partial charge in [-0.2, -0.15) is 0 Å². The van der Waals surface area contributed by atoms with Crippen molar-refractivity contribution < 1.29 is 14.6 Å². The lowest BCUT2D eigenvalue weighted by Gasteiger charge is -2.33. The van der Waals surface area contributed by atoms with Crippen molar-refractivity contribution in [3.63, 3.8) is 0 Å². The van der Waals surface area contributed by atoms with Crippen LogP contribution in [0.3, 0.4) is 0 Å². The molecular weight excluding hydrogens is 168 g/mol. The van der Waals surface area contributed by atoms with Crippen molar-refractivity contribution in [1.29, 1.82) is 0 Å². The van der Waals surface area contributed by atoms with E-state index in [4.69, 9.17) is 14.6 Å².